The van der Waals surface area contributed by atoms with Crippen molar-refractivity contribution in [2.75, 3.05) is 6.54 Å². The molecule has 0 bridgehead atoms. The van der Waals surface area contributed by atoms with Gasteiger partial charge in [-0.3, -0.25) is 0 Å². The number of unbranched alkanes of at least 4 members (excludes halogenated alkanes) is 1. The van der Waals surface area contributed by atoms with Gasteiger partial charge in [0.25, 0.3) is 0 Å². The molecule has 0 saturated carbocycles. The summed E-state index contributed by atoms with van der Waals surface area (Å²) >= 11 is 0. The van der Waals surface area contributed by atoms with E-state index in [2.05, 4.69) is 43.3 Å². The standard InChI is InChI=1S/C11H22N4/c1-5-6-7-12-8-10-9-15(14-13-10)11(2,3)4/h9,12H,5-8H2,1-4H3. The monoisotopic (exact) mass is 210 g/mol. The molecule has 0 atom stereocenters. The first-order valence-corrected chi connectivity index (χ1v) is 5.66. The molecule has 15 heavy (non-hydrogen) atoms. The van der Waals surface area contributed by atoms with Crippen LogP contribution in [0.1, 0.15) is 46.2 Å². The molecule has 0 aliphatic rings. The molecule has 0 saturated heterocycles. The molecular weight excluding hydrogens is 188 g/mol. The quantitative estimate of drug-likeness (QED) is 0.755. The molecule has 4 nitrogen and oxygen atoms in total. The van der Waals surface area contributed by atoms with Crippen LogP contribution in [0.25, 0.3) is 0 Å². The van der Waals surface area contributed by atoms with Gasteiger partial charge in [-0.1, -0.05) is 18.6 Å². The Morgan fingerprint density at radius 1 is 1.40 bits per heavy atom. The Hall–Kier alpha value is -0.900. The van der Waals surface area contributed by atoms with E-state index in [0.29, 0.717) is 0 Å². The smallest absolute Gasteiger partial charge is 0.0965 e. The van der Waals surface area contributed by atoms with E-state index in [4.69, 9.17) is 0 Å². The van der Waals surface area contributed by atoms with Gasteiger partial charge in [-0.25, -0.2) is 4.68 Å². The molecule has 1 rings (SSSR count). The number of nitrogens with one attached hydrogen (secondary N) is 1. The predicted octanol–water partition coefficient (Wildman–Crippen LogP) is 1.92. The number of rotatable bonds is 5. The van der Waals surface area contributed by atoms with E-state index in [1.54, 1.807) is 0 Å². The van der Waals surface area contributed by atoms with Gasteiger partial charge in [0, 0.05) is 6.54 Å². The second-order valence-corrected chi connectivity index (χ2v) is 4.86. The van der Waals surface area contributed by atoms with Crippen LogP contribution in [-0.2, 0) is 12.1 Å². The highest BCUT2D eigenvalue weighted by Gasteiger charge is 2.14. The minimum absolute atomic E-state index is 0.0225. The average Bonchev–Trinajstić information content (AvgIpc) is 2.60. The molecule has 0 aliphatic carbocycles. The second kappa shape index (κ2) is 5.26. The normalized spacial score (nSPS) is 12.0. The lowest BCUT2D eigenvalue weighted by molar-refractivity contribution is 0.347. The summed E-state index contributed by atoms with van der Waals surface area (Å²) in [7, 11) is 0. The van der Waals surface area contributed by atoms with E-state index in [9.17, 15) is 0 Å². The maximum absolute atomic E-state index is 4.13. The lowest BCUT2D eigenvalue weighted by Gasteiger charge is -2.17. The highest BCUT2D eigenvalue weighted by Crippen LogP contribution is 2.11. The fourth-order valence-electron chi connectivity index (χ4n) is 1.23. The topological polar surface area (TPSA) is 42.7 Å². The van der Waals surface area contributed by atoms with Crippen LogP contribution in [0, 0.1) is 0 Å². The van der Waals surface area contributed by atoms with Crippen molar-refractivity contribution in [2.45, 2.75) is 52.6 Å². The summed E-state index contributed by atoms with van der Waals surface area (Å²) in [6.07, 6.45) is 4.45. The molecule has 1 aromatic rings. The van der Waals surface area contributed by atoms with Crippen LogP contribution in [0.3, 0.4) is 0 Å². The maximum atomic E-state index is 4.13. The summed E-state index contributed by atoms with van der Waals surface area (Å²) in [6, 6.07) is 0. The fourth-order valence-corrected chi connectivity index (χ4v) is 1.23. The van der Waals surface area contributed by atoms with E-state index < -0.39 is 0 Å². The molecular formula is C11H22N4. The molecule has 0 spiro atoms. The summed E-state index contributed by atoms with van der Waals surface area (Å²) in [5.74, 6) is 0. The van der Waals surface area contributed by atoms with Crippen LogP contribution in [0.15, 0.2) is 6.20 Å². The molecule has 1 aromatic heterocycles. The zero-order chi connectivity index (χ0) is 11.3. The van der Waals surface area contributed by atoms with Gasteiger partial charge in [0.1, 0.15) is 0 Å². The van der Waals surface area contributed by atoms with Crippen LogP contribution >= 0.6 is 0 Å². The minimum Gasteiger partial charge on any atom is -0.311 e. The van der Waals surface area contributed by atoms with E-state index in [0.717, 1.165) is 18.8 Å². The van der Waals surface area contributed by atoms with Crippen molar-refractivity contribution in [1.82, 2.24) is 20.3 Å². The predicted molar refractivity (Wildman–Crippen MR) is 61.6 cm³/mol. The summed E-state index contributed by atoms with van der Waals surface area (Å²) < 4.78 is 1.91. The van der Waals surface area contributed by atoms with Crippen molar-refractivity contribution in [1.29, 1.82) is 0 Å². The van der Waals surface area contributed by atoms with Crippen molar-refractivity contribution in [3.8, 4) is 0 Å². The molecule has 86 valence electrons. The third-order valence-electron chi connectivity index (χ3n) is 2.24. The highest BCUT2D eigenvalue weighted by molar-refractivity contribution is 4.93. The van der Waals surface area contributed by atoms with Crippen molar-refractivity contribution in [3.63, 3.8) is 0 Å². The summed E-state index contributed by atoms with van der Waals surface area (Å²) in [5.41, 5.74) is 1.04. The third-order valence-corrected chi connectivity index (χ3v) is 2.24. The molecule has 1 heterocycles. The number of nitrogens with zero attached hydrogens (tertiary/aromatic N) is 3. The number of hydrogen-bond acceptors (Lipinski definition) is 3. The Labute approximate surface area is 92.1 Å². The SMILES string of the molecule is CCCCNCc1cn(C(C)(C)C)nn1. The largest absolute Gasteiger partial charge is 0.311 e. The van der Waals surface area contributed by atoms with Gasteiger partial charge in [-0.2, -0.15) is 0 Å². The van der Waals surface area contributed by atoms with Gasteiger partial charge in [0.05, 0.1) is 17.4 Å². The number of aromatic nitrogens is 3. The van der Waals surface area contributed by atoms with Gasteiger partial charge in [0.15, 0.2) is 0 Å². The zero-order valence-electron chi connectivity index (χ0n) is 10.2. The third kappa shape index (κ3) is 4.00. The van der Waals surface area contributed by atoms with Crippen LogP contribution < -0.4 is 5.32 Å². The minimum atomic E-state index is 0.0225. The second-order valence-electron chi connectivity index (χ2n) is 4.86. The lowest BCUT2D eigenvalue weighted by Crippen LogP contribution is -2.22. The van der Waals surface area contributed by atoms with E-state index in [1.807, 2.05) is 10.9 Å². The molecule has 4 heteroatoms. The lowest BCUT2D eigenvalue weighted by atomic mass is 10.1. The zero-order valence-corrected chi connectivity index (χ0v) is 10.2. The van der Waals surface area contributed by atoms with Gasteiger partial charge < -0.3 is 5.32 Å². The molecule has 0 unspecified atom stereocenters. The Kier molecular flexibility index (Phi) is 4.27. The first-order chi connectivity index (χ1) is 7.04. The first kappa shape index (κ1) is 12.2. The van der Waals surface area contributed by atoms with Gasteiger partial charge in [-0.05, 0) is 33.7 Å². The van der Waals surface area contributed by atoms with E-state index in [1.165, 1.54) is 12.8 Å². The molecule has 0 aromatic carbocycles. The van der Waals surface area contributed by atoms with E-state index >= 15 is 0 Å². The summed E-state index contributed by atoms with van der Waals surface area (Å²) in [6.45, 7) is 10.4. The molecule has 0 radical (unpaired) electrons. The van der Waals surface area contributed by atoms with Crippen LogP contribution in [0.2, 0.25) is 0 Å². The Morgan fingerprint density at radius 3 is 2.67 bits per heavy atom. The van der Waals surface area contributed by atoms with Crippen LogP contribution in [0.4, 0.5) is 0 Å². The van der Waals surface area contributed by atoms with Crippen molar-refractivity contribution in [3.05, 3.63) is 11.9 Å². The Balaban J connectivity index is 2.40. The molecule has 0 aliphatic heterocycles. The highest BCUT2D eigenvalue weighted by atomic mass is 15.4. The Morgan fingerprint density at radius 2 is 2.13 bits per heavy atom. The van der Waals surface area contributed by atoms with Crippen LogP contribution in [0.5, 0.6) is 0 Å². The molecule has 0 amide bonds. The van der Waals surface area contributed by atoms with Crippen molar-refractivity contribution < 1.29 is 0 Å². The number of hydrogen-bond donors (Lipinski definition) is 1. The van der Waals surface area contributed by atoms with Crippen molar-refractivity contribution in [2.24, 2.45) is 0 Å². The summed E-state index contributed by atoms with van der Waals surface area (Å²) in [4.78, 5) is 0. The average molecular weight is 210 g/mol. The van der Waals surface area contributed by atoms with Gasteiger partial charge in [0.2, 0.25) is 0 Å². The van der Waals surface area contributed by atoms with Crippen LogP contribution in [-0.4, -0.2) is 21.5 Å². The summed E-state index contributed by atoms with van der Waals surface area (Å²) in [5, 5.41) is 11.6. The fraction of sp³-hybridized carbons (Fsp3) is 0.818. The van der Waals surface area contributed by atoms with Gasteiger partial charge in [-0.15, -0.1) is 5.10 Å². The van der Waals surface area contributed by atoms with Gasteiger partial charge >= 0.3 is 0 Å². The Bertz CT molecular complexity index is 285. The van der Waals surface area contributed by atoms with E-state index in [-0.39, 0.29) is 5.54 Å². The molecule has 0 fully saturated rings. The van der Waals surface area contributed by atoms with Crippen molar-refractivity contribution >= 4 is 0 Å². The first-order valence-electron chi connectivity index (χ1n) is 5.66. The maximum Gasteiger partial charge on any atom is 0.0965 e. The molecule has 1 N–H and O–H groups in total.